The van der Waals surface area contributed by atoms with Crippen LogP contribution in [-0.4, -0.2) is 16.6 Å². The second kappa shape index (κ2) is 10.0. The Balaban J connectivity index is 1.97. The van der Waals surface area contributed by atoms with E-state index < -0.39 is 5.95 Å². The molecule has 0 saturated heterocycles. The van der Waals surface area contributed by atoms with Gasteiger partial charge in [-0.15, -0.1) is 0 Å². The summed E-state index contributed by atoms with van der Waals surface area (Å²) in [4.78, 5) is 8.33. The number of aromatic nitrogens is 2. The molecule has 1 aromatic heterocycles. The molecule has 24 heavy (non-hydrogen) atoms. The summed E-state index contributed by atoms with van der Waals surface area (Å²) in [6.07, 6.45) is 8.92. The number of rotatable bonds is 10. The maximum absolute atomic E-state index is 14.1. The lowest BCUT2D eigenvalue weighted by molar-refractivity contribution is 0.306. The first-order valence-corrected chi connectivity index (χ1v) is 8.99. The number of halogens is 1. The van der Waals surface area contributed by atoms with Crippen LogP contribution >= 0.6 is 0 Å². The monoisotopic (exact) mass is 330 g/mol. The summed E-state index contributed by atoms with van der Waals surface area (Å²) >= 11 is 0. The zero-order chi connectivity index (χ0) is 17.2. The third-order valence-electron chi connectivity index (χ3n) is 3.99. The fourth-order valence-corrected chi connectivity index (χ4v) is 2.50. The molecule has 0 aliphatic rings. The quantitative estimate of drug-likeness (QED) is 0.421. The molecule has 0 atom stereocenters. The first-order chi connectivity index (χ1) is 11.7. The molecular weight excluding hydrogens is 303 g/mol. The zero-order valence-corrected chi connectivity index (χ0v) is 14.7. The molecule has 2 rings (SSSR count). The molecule has 3 nitrogen and oxygen atoms in total. The third kappa shape index (κ3) is 5.59. The maximum Gasteiger partial charge on any atom is 0.219 e. The molecule has 0 amide bonds. The van der Waals surface area contributed by atoms with Crippen LogP contribution in [0.2, 0.25) is 0 Å². The van der Waals surface area contributed by atoms with Crippen LogP contribution < -0.4 is 4.74 Å². The van der Waals surface area contributed by atoms with Gasteiger partial charge in [0.2, 0.25) is 5.95 Å². The Morgan fingerprint density at radius 3 is 2.33 bits per heavy atom. The minimum Gasteiger partial charge on any atom is -0.494 e. The van der Waals surface area contributed by atoms with Gasteiger partial charge in [-0.1, -0.05) is 39.5 Å². The largest absolute Gasteiger partial charge is 0.494 e. The van der Waals surface area contributed by atoms with Crippen LogP contribution in [0.15, 0.2) is 30.5 Å². The Kier molecular flexibility index (Phi) is 7.66. The van der Waals surface area contributed by atoms with Gasteiger partial charge in [-0.25, -0.2) is 4.98 Å². The van der Waals surface area contributed by atoms with Gasteiger partial charge < -0.3 is 4.74 Å². The van der Waals surface area contributed by atoms with Gasteiger partial charge in [-0.3, -0.25) is 0 Å². The predicted molar refractivity (Wildman–Crippen MR) is 95.7 cm³/mol. The molecular formula is C20H27FN2O. The average molecular weight is 330 g/mol. The van der Waals surface area contributed by atoms with Crippen LogP contribution in [0.5, 0.6) is 5.75 Å². The third-order valence-corrected chi connectivity index (χ3v) is 3.99. The average Bonchev–Trinajstić information content (AvgIpc) is 2.61. The molecule has 0 unspecified atom stereocenters. The molecule has 0 N–H and O–H groups in total. The van der Waals surface area contributed by atoms with Gasteiger partial charge in [0.15, 0.2) is 5.82 Å². The maximum atomic E-state index is 14.1. The van der Waals surface area contributed by atoms with E-state index in [1.807, 2.05) is 24.3 Å². The number of ether oxygens (including phenoxy) is 1. The Hall–Kier alpha value is -1.97. The molecule has 0 spiro atoms. The van der Waals surface area contributed by atoms with E-state index in [-0.39, 0.29) is 0 Å². The van der Waals surface area contributed by atoms with E-state index in [0.717, 1.165) is 43.6 Å². The van der Waals surface area contributed by atoms with Crippen molar-refractivity contribution < 1.29 is 9.13 Å². The van der Waals surface area contributed by atoms with E-state index in [1.54, 1.807) is 6.20 Å². The lowest BCUT2D eigenvalue weighted by atomic mass is 10.1. The first kappa shape index (κ1) is 18.4. The number of hydrogen-bond acceptors (Lipinski definition) is 3. The molecule has 0 aliphatic carbocycles. The molecule has 0 fully saturated rings. The van der Waals surface area contributed by atoms with Crippen LogP contribution in [0.1, 0.15) is 57.9 Å². The summed E-state index contributed by atoms with van der Waals surface area (Å²) in [6.45, 7) is 5.03. The van der Waals surface area contributed by atoms with Crippen molar-refractivity contribution in [1.29, 1.82) is 0 Å². The van der Waals surface area contributed by atoms with E-state index in [4.69, 9.17) is 4.74 Å². The molecule has 0 bridgehead atoms. The summed E-state index contributed by atoms with van der Waals surface area (Å²) < 4.78 is 19.8. The fourth-order valence-electron chi connectivity index (χ4n) is 2.50. The van der Waals surface area contributed by atoms with E-state index in [0.29, 0.717) is 17.8 Å². The lowest BCUT2D eigenvalue weighted by Crippen LogP contribution is -2.00. The topological polar surface area (TPSA) is 35.0 Å². The van der Waals surface area contributed by atoms with E-state index >= 15 is 0 Å². The Labute approximate surface area is 144 Å². The summed E-state index contributed by atoms with van der Waals surface area (Å²) in [6, 6.07) is 7.52. The van der Waals surface area contributed by atoms with Gasteiger partial charge in [-0.05, 0) is 43.5 Å². The summed E-state index contributed by atoms with van der Waals surface area (Å²) in [5.74, 6) is 0.840. The SMILES string of the molecule is CCCCCOc1ccc(-c2ncc(CCCCC)c(F)n2)cc1. The lowest BCUT2D eigenvalue weighted by Gasteiger charge is -2.07. The molecule has 0 radical (unpaired) electrons. The van der Waals surface area contributed by atoms with Crippen LogP contribution in [0, 0.1) is 5.95 Å². The highest BCUT2D eigenvalue weighted by atomic mass is 19.1. The molecule has 0 aliphatic heterocycles. The van der Waals surface area contributed by atoms with Crippen LogP contribution in [0.3, 0.4) is 0 Å². The molecule has 0 saturated carbocycles. The molecule has 130 valence electrons. The van der Waals surface area contributed by atoms with Gasteiger partial charge in [0.25, 0.3) is 0 Å². The van der Waals surface area contributed by atoms with Gasteiger partial charge in [0.1, 0.15) is 5.75 Å². The Morgan fingerprint density at radius 2 is 1.67 bits per heavy atom. The van der Waals surface area contributed by atoms with Gasteiger partial charge in [-0.2, -0.15) is 9.37 Å². The van der Waals surface area contributed by atoms with E-state index in [9.17, 15) is 4.39 Å². The number of nitrogens with zero attached hydrogens (tertiary/aromatic N) is 2. The van der Waals surface area contributed by atoms with Crippen molar-refractivity contribution in [3.63, 3.8) is 0 Å². The molecule has 1 heterocycles. The number of benzene rings is 1. The first-order valence-electron chi connectivity index (χ1n) is 8.99. The highest BCUT2D eigenvalue weighted by molar-refractivity contribution is 5.56. The summed E-state index contributed by atoms with van der Waals surface area (Å²) in [7, 11) is 0. The van der Waals surface area contributed by atoms with Gasteiger partial charge in [0, 0.05) is 17.3 Å². The number of hydrogen-bond donors (Lipinski definition) is 0. The standard InChI is InChI=1S/C20H27FN2O/c1-3-5-7-9-17-15-22-20(23-19(17)21)16-10-12-18(13-11-16)24-14-8-6-4-2/h10-13,15H,3-9,14H2,1-2H3. The van der Waals surface area contributed by atoms with Crippen molar-refractivity contribution in [1.82, 2.24) is 9.97 Å². The highest BCUT2D eigenvalue weighted by Gasteiger charge is 2.08. The second-order valence-corrected chi connectivity index (χ2v) is 6.05. The van der Waals surface area contributed by atoms with Crippen molar-refractivity contribution in [2.45, 2.75) is 58.8 Å². The van der Waals surface area contributed by atoms with Gasteiger partial charge >= 0.3 is 0 Å². The van der Waals surface area contributed by atoms with Crippen molar-refractivity contribution in [2.24, 2.45) is 0 Å². The van der Waals surface area contributed by atoms with Crippen molar-refractivity contribution in [2.75, 3.05) is 6.61 Å². The van der Waals surface area contributed by atoms with Crippen molar-refractivity contribution in [3.8, 4) is 17.1 Å². The minimum atomic E-state index is -0.406. The molecule has 1 aromatic carbocycles. The second-order valence-electron chi connectivity index (χ2n) is 6.05. The summed E-state index contributed by atoms with van der Waals surface area (Å²) in [5, 5.41) is 0. The highest BCUT2D eigenvalue weighted by Crippen LogP contribution is 2.21. The molecule has 4 heteroatoms. The molecule has 2 aromatic rings. The number of aryl methyl sites for hydroxylation is 1. The van der Waals surface area contributed by atoms with E-state index in [2.05, 4.69) is 23.8 Å². The fraction of sp³-hybridized carbons (Fsp3) is 0.500. The van der Waals surface area contributed by atoms with Crippen molar-refractivity contribution >= 4 is 0 Å². The van der Waals surface area contributed by atoms with Crippen molar-refractivity contribution in [3.05, 3.63) is 42.0 Å². The predicted octanol–water partition coefficient (Wildman–Crippen LogP) is 5.58. The Morgan fingerprint density at radius 1 is 0.958 bits per heavy atom. The summed E-state index contributed by atoms with van der Waals surface area (Å²) in [5.41, 5.74) is 1.40. The number of unbranched alkanes of at least 4 members (excludes halogenated alkanes) is 4. The minimum absolute atomic E-state index is 0.406. The normalized spacial score (nSPS) is 10.8. The smallest absolute Gasteiger partial charge is 0.219 e. The van der Waals surface area contributed by atoms with E-state index in [1.165, 1.54) is 12.8 Å². The van der Waals surface area contributed by atoms with Crippen LogP contribution in [-0.2, 0) is 6.42 Å². The van der Waals surface area contributed by atoms with Crippen LogP contribution in [0.25, 0.3) is 11.4 Å². The van der Waals surface area contributed by atoms with Crippen LogP contribution in [0.4, 0.5) is 4.39 Å². The van der Waals surface area contributed by atoms with Gasteiger partial charge in [0.05, 0.1) is 6.61 Å². The zero-order valence-electron chi connectivity index (χ0n) is 14.7. The Bertz CT molecular complexity index is 614.